The molecule has 0 bridgehead atoms. The van der Waals surface area contributed by atoms with Gasteiger partial charge in [-0.25, -0.2) is 9.37 Å². The largest absolute Gasteiger partial charge is 0.488 e. The molecule has 1 atom stereocenters. The Morgan fingerprint density at radius 2 is 2.00 bits per heavy atom. The third kappa shape index (κ3) is 6.78. The van der Waals surface area contributed by atoms with Crippen molar-refractivity contribution in [3.05, 3.63) is 82.3 Å². The van der Waals surface area contributed by atoms with E-state index in [4.69, 9.17) is 25.8 Å². The van der Waals surface area contributed by atoms with Gasteiger partial charge in [0.05, 0.1) is 28.9 Å². The summed E-state index contributed by atoms with van der Waals surface area (Å²) in [6, 6.07) is 14.6. The third-order valence-corrected chi connectivity index (χ3v) is 9.26. The van der Waals surface area contributed by atoms with Gasteiger partial charge in [0.25, 0.3) is 5.91 Å². The molecule has 2 aliphatic rings. The lowest BCUT2D eigenvalue weighted by Crippen LogP contribution is -2.45. The lowest BCUT2D eigenvalue weighted by Gasteiger charge is -2.33. The number of carbonyl (C=O) groups excluding carboxylic acids is 2. The zero-order valence-corrected chi connectivity index (χ0v) is 25.0. The minimum absolute atomic E-state index is 0.0649. The molecule has 228 valence electrons. The second-order valence-corrected chi connectivity index (χ2v) is 12.2. The Balaban J connectivity index is 1.18. The Labute approximate surface area is 258 Å². The van der Waals surface area contributed by atoms with Crippen LogP contribution in [-0.2, 0) is 22.7 Å². The average Bonchev–Trinajstić information content (AvgIpc) is 3.33. The third-order valence-electron chi connectivity index (χ3n) is 7.99. The summed E-state index contributed by atoms with van der Waals surface area (Å²) < 4.78 is 20.6. The lowest BCUT2D eigenvalue weighted by atomic mass is 10.1. The first-order valence-corrected chi connectivity index (χ1v) is 15.2. The van der Waals surface area contributed by atoms with E-state index < -0.39 is 17.9 Å². The summed E-state index contributed by atoms with van der Waals surface area (Å²) in [5.74, 6) is -2.07. The van der Waals surface area contributed by atoms with Crippen LogP contribution in [0, 0.1) is 24.1 Å². The molecule has 3 heterocycles. The lowest BCUT2D eigenvalue weighted by molar-refractivity contribution is -0.137. The fourth-order valence-corrected chi connectivity index (χ4v) is 6.71. The number of carboxylic acids is 1. The van der Waals surface area contributed by atoms with Crippen molar-refractivity contribution in [2.24, 2.45) is 5.73 Å². The highest BCUT2D eigenvalue weighted by Gasteiger charge is 2.37. The van der Waals surface area contributed by atoms with E-state index >= 15 is 0 Å². The van der Waals surface area contributed by atoms with Crippen LogP contribution in [0.1, 0.15) is 58.4 Å². The number of carbonyl (C=O) groups is 3. The van der Waals surface area contributed by atoms with E-state index in [9.17, 15) is 18.8 Å². The molecule has 2 aromatic carbocycles. The van der Waals surface area contributed by atoms with Gasteiger partial charge >= 0.3 is 5.97 Å². The van der Waals surface area contributed by atoms with Crippen LogP contribution >= 0.6 is 11.8 Å². The van der Waals surface area contributed by atoms with Gasteiger partial charge in [-0.1, -0.05) is 12.1 Å². The molecular weight excluding hydrogens is 585 g/mol. The minimum Gasteiger partial charge on any atom is -0.488 e. The Bertz CT molecular complexity index is 1640. The van der Waals surface area contributed by atoms with Crippen molar-refractivity contribution in [3.8, 4) is 11.8 Å². The molecule has 10 nitrogen and oxygen atoms in total. The normalized spacial score (nSPS) is 15.5. The number of pyridine rings is 1. The number of thioether (sulfide) groups is 1. The van der Waals surface area contributed by atoms with Gasteiger partial charge in [-0.2, -0.15) is 5.26 Å². The molecular formula is C32H32FN5O5S. The standard InChI is InChI=1S/C32H32FN5O5S/c1-19-21(6-9-29(36-19)44-22-11-13-37(14-12-22)26-7-5-20(16-34)15-25(26)33)18-43-28-4-2-3-23-24(28)17-38(32(23)42)27(31(35)41)8-10-30(39)40/h2-7,9,15,22,27H,8,10-14,17-18H2,1H3,(H2,35,41)(H,39,40). The van der Waals surface area contributed by atoms with Gasteiger partial charge in [0.2, 0.25) is 5.91 Å². The number of ether oxygens (including phenoxy) is 1. The van der Waals surface area contributed by atoms with E-state index in [1.807, 2.05) is 30.0 Å². The number of anilines is 1. The highest BCUT2D eigenvalue weighted by atomic mass is 32.2. The Hall–Kier alpha value is -4.63. The van der Waals surface area contributed by atoms with Crippen LogP contribution in [0.5, 0.6) is 5.75 Å². The van der Waals surface area contributed by atoms with Crippen molar-refractivity contribution >= 4 is 35.2 Å². The van der Waals surface area contributed by atoms with Crippen LogP contribution in [0.25, 0.3) is 0 Å². The molecule has 2 aliphatic heterocycles. The first-order valence-electron chi connectivity index (χ1n) is 14.3. The summed E-state index contributed by atoms with van der Waals surface area (Å²) in [5, 5.41) is 19.3. The Kier molecular flexibility index (Phi) is 9.35. The Morgan fingerprint density at radius 1 is 1.23 bits per heavy atom. The molecule has 3 aromatic rings. The molecule has 0 spiro atoms. The minimum atomic E-state index is -1.07. The van der Waals surface area contributed by atoms with Crippen molar-refractivity contribution in [3.63, 3.8) is 0 Å². The number of piperidine rings is 1. The van der Waals surface area contributed by atoms with E-state index in [0.717, 1.165) is 29.1 Å². The molecule has 1 aromatic heterocycles. The average molecular weight is 618 g/mol. The number of nitriles is 1. The summed E-state index contributed by atoms with van der Waals surface area (Å²) in [4.78, 5) is 44.3. The number of aromatic nitrogens is 1. The molecule has 12 heteroatoms. The maximum Gasteiger partial charge on any atom is 0.303 e. The summed E-state index contributed by atoms with van der Waals surface area (Å²) in [6.07, 6.45) is 1.40. The van der Waals surface area contributed by atoms with Gasteiger partial charge in [-0.05, 0) is 62.6 Å². The van der Waals surface area contributed by atoms with Crippen LogP contribution in [0.15, 0.2) is 53.6 Å². The van der Waals surface area contributed by atoms with Crippen LogP contribution in [-0.4, -0.2) is 57.2 Å². The van der Waals surface area contributed by atoms with Gasteiger partial charge in [-0.15, -0.1) is 11.8 Å². The molecule has 0 radical (unpaired) electrons. The predicted molar refractivity (Wildman–Crippen MR) is 162 cm³/mol. The number of hydrogen-bond acceptors (Lipinski definition) is 8. The van der Waals surface area contributed by atoms with E-state index in [-0.39, 0.29) is 37.7 Å². The summed E-state index contributed by atoms with van der Waals surface area (Å²) in [5.41, 5.74) is 9.08. The zero-order chi connectivity index (χ0) is 31.4. The molecule has 3 N–H and O–H groups in total. The number of benzene rings is 2. The molecule has 2 amide bonds. The highest BCUT2D eigenvalue weighted by molar-refractivity contribution is 7.99. The van der Waals surface area contributed by atoms with Crippen LogP contribution in [0.2, 0.25) is 0 Å². The molecule has 0 aliphatic carbocycles. The van der Waals surface area contributed by atoms with Gasteiger partial charge in [0.1, 0.15) is 24.2 Å². The predicted octanol–water partition coefficient (Wildman–Crippen LogP) is 4.42. The first kappa shape index (κ1) is 30.8. The number of hydrogen-bond donors (Lipinski definition) is 2. The molecule has 0 saturated carbocycles. The van der Waals surface area contributed by atoms with Gasteiger partial charge in [0.15, 0.2) is 0 Å². The molecule has 5 rings (SSSR count). The number of primary amides is 1. The molecule has 1 unspecified atom stereocenters. The maximum absolute atomic E-state index is 14.5. The number of rotatable bonds is 11. The number of fused-ring (bicyclic) bond motifs is 1. The van der Waals surface area contributed by atoms with E-state index in [2.05, 4.69) is 0 Å². The number of nitrogens with two attached hydrogens (primary N) is 1. The zero-order valence-electron chi connectivity index (χ0n) is 24.2. The first-order chi connectivity index (χ1) is 21.1. The van der Waals surface area contributed by atoms with Gasteiger partial charge in [0, 0.05) is 47.1 Å². The van der Waals surface area contributed by atoms with Crippen LogP contribution < -0.4 is 15.4 Å². The molecule has 1 saturated heterocycles. The summed E-state index contributed by atoms with van der Waals surface area (Å²) in [7, 11) is 0. The second kappa shape index (κ2) is 13.3. The highest BCUT2D eigenvalue weighted by Crippen LogP contribution is 2.35. The SMILES string of the molecule is Cc1nc(SC2CCN(c3ccc(C#N)cc3F)CC2)ccc1COc1cccc2c1CN(C(CCC(=O)O)C(N)=O)C2=O. The van der Waals surface area contributed by atoms with E-state index in [1.54, 1.807) is 42.1 Å². The molecule has 1 fully saturated rings. The van der Waals surface area contributed by atoms with Crippen molar-refractivity contribution < 1.29 is 28.6 Å². The fourth-order valence-electron chi connectivity index (χ4n) is 5.58. The fraction of sp³-hybridized carbons (Fsp3) is 0.344. The van der Waals surface area contributed by atoms with Gasteiger partial charge in [-0.3, -0.25) is 14.4 Å². The number of aryl methyl sites for hydroxylation is 1. The van der Waals surface area contributed by atoms with E-state index in [0.29, 0.717) is 46.5 Å². The molecule has 44 heavy (non-hydrogen) atoms. The number of carboxylic acid groups (broad SMARTS) is 1. The van der Waals surface area contributed by atoms with Crippen LogP contribution in [0.3, 0.4) is 0 Å². The monoisotopic (exact) mass is 617 g/mol. The quantitative estimate of drug-likeness (QED) is 0.319. The number of halogens is 1. The van der Waals surface area contributed by atoms with Crippen molar-refractivity contribution in [1.82, 2.24) is 9.88 Å². The van der Waals surface area contributed by atoms with Crippen LogP contribution in [0.4, 0.5) is 10.1 Å². The summed E-state index contributed by atoms with van der Waals surface area (Å²) >= 11 is 1.70. The second-order valence-electron chi connectivity index (χ2n) is 10.8. The Morgan fingerprint density at radius 3 is 2.66 bits per heavy atom. The number of amides is 2. The number of aliphatic carboxylic acids is 1. The number of nitrogens with zero attached hydrogens (tertiary/aromatic N) is 4. The summed E-state index contributed by atoms with van der Waals surface area (Å²) in [6.45, 7) is 3.67. The van der Waals surface area contributed by atoms with Gasteiger partial charge < -0.3 is 25.4 Å². The topological polar surface area (TPSA) is 150 Å². The van der Waals surface area contributed by atoms with Crippen molar-refractivity contribution in [2.75, 3.05) is 18.0 Å². The smallest absolute Gasteiger partial charge is 0.303 e. The van der Waals surface area contributed by atoms with E-state index in [1.165, 1.54) is 11.0 Å². The van der Waals surface area contributed by atoms with Crippen molar-refractivity contribution in [1.29, 1.82) is 5.26 Å². The maximum atomic E-state index is 14.5. The van der Waals surface area contributed by atoms with Crippen molar-refractivity contribution in [2.45, 2.75) is 62.1 Å².